The molecule has 0 aromatic heterocycles. The maximum absolute atomic E-state index is 11.6. The zero-order valence-electron chi connectivity index (χ0n) is 10.3. The van der Waals surface area contributed by atoms with Crippen LogP contribution in [0.1, 0.15) is 13.3 Å². The first-order chi connectivity index (χ1) is 8.74. The van der Waals surface area contributed by atoms with Crippen LogP contribution in [0.3, 0.4) is 0 Å². The Morgan fingerprint density at radius 2 is 2.11 bits per heavy atom. The Balaban J connectivity index is 1.52. The molecule has 18 heavy (non-hydrogen) atoms. The van der Waals surface area contributed by atoms with Crippen molar-refractivity contribution in [2.75, 3.05) is 13.2 Å². The molecule has 0 amide bonds. The standard InChI is InChI=1S/C14H16O4/c1-9-6-11(9)14(15)17-8-10-7-16-12-4-2-3-5-13(12)18-10/h2-5,9-11H,6-8H2,1H3. The van der Waals surface area contributed by atoms with Gasteiger partial charge in [0.2, 0.25) is 0 Å². The van der Waals surface area contributed by atoms with E-state index >= 15 is 0 Å². The van der Waals surface area contributed by atoms with Gasteiger partial charge in [-0.1, -0.05) is 19.1 Å². The zero-order valence-corrected chi connectivity index (χ0v) is 10.3. The van der Waals surface area contributed by atoms with Gasteiger partial charge < -0.3 is 14.2 Å². The van der Waals surface area contributed by atoms with Crippen molar-refractivity contribution in [2.24, 2.45) is 11.8 Å². The predicted molar refractivity (Wildman–Crippen MR) is 64.6 cm³/mol. The van der Waals surface area contributed by atoms with E-state index in [9.17, 15) is 4.79 Å². The van der Waals surface area contributed by atoms with Crippen LogP contribution in [0.4, 0.5) is 0 Å². The molecule has 4 heteroatoms. The SMILES string of the molecule is CC1CC1C(=O)OCC1COc2ccccc2O1. The Morgan fingerprint density at radius 1 is 1.39 bits per heavy atom. The highest BCUT2D eigenvalue weighted by molar-refractivity contribution is 5.75. The lowest BCUT2D eigenvalue weighted by Crippen LogP contribution is -2.34. The molecule has 0 spiro atoms. The fourth-order valence-corrected chi connectivity index (χ4v) is 2.08. The summed E-state index contributed by atoms with van der Waals surface area (Å²) >= 11 is 0. The van der Waals surface area contributed by atoms with Crippen molar-refractivity contribution in [3.05, 3.63) is 24.3 Å². The van der Waals surface area contributed by atoms with E-state index in [4.69, 9.17) is 14.2 Å². The summed E-state index contributed by atoms with van der Waals surface area (Å²) in [6, 6.07) is 7.51. The first-order valence-electron chi connectivity index (χ1n) is 6.29. The van der Waals surface area contributed by atoms with Crippen molar-refractivity contribution in [2.45, 2.75) is 19.4 Å². The highest BCUT2D eigenvalue weighted by atomic mass is 16.6. The van der Waals surface area contributed by atoms with Crippen LogP contribution in [-0.4, -0.2) is 25.3 Å². The molecule has 1 aliphatic carbocycles. The number of esters is 1. The maximum atomic E-state index is 11.6. The highest BCUT2D eigenvalue weighted by Crippen LogP contribution is 2.38. The van der Waals surface area contributed by atoms with Gasteiger partial charge in [-0.25, -0.2) is 0 Å². The van der Waals surface area contributed by atoms with Gasteiger partial charge in [0, 0.05) is 0 Å². The van der Waals surface area contributed by atoms with E-state index < -0.39 is 0 Å². The quantitative estimate of drug-likeness (QED) is 0.768. The number of benzene rings is 1. The van der Waals surface area contributed by atoms with E-state index in [0.29, 0.717) is 18.3 Å². The smallest absolute Gasteiger partial charge is 0.309 e. The number of ether oxygens (including phenoxy) is 3. The minimum absolute atomic E-state index is 0.0989. The monoisotopic (exact) mass is 248 g/mol. The molecule has 0 N–H and O–H groups in total. The van der Waals surface area contributed by atoms with Gasteiger partial charge in [-0.3, -0.25) is 4.79 Å². The van der Waals surface area contributed by atoms with Crippen molar-refractivity contribution < 1.29 is 19.0 Å². The molecule has 3 unspecified atom stereocenters. The Hall–Kier alpha value is -1.71. The molecule has 1 aromatic carbocycles. The van der Waals surface area contributed by atoms with E-state index in [-0.39, 0.29) is 24.6 Å². The third-order valence-electron chi connectivity index (χ3n) is 3.39. The van der Waals surface area contributed by atoms with Crippen LogP contribution in [0.25, 0.3) is 0 Å². The normalized spacial score (nSPS) is 28.6. The van der Waals surface area contributed by atoms with Crippen LogP contribution in [0.5, 0.6) is 11.5 Å². The van der Waals surface area contributed by atoms with Crippen LogP contribution in [0, 0.1) is 11.8 Å². The van der Waals surface area contributed by atoms with Crippen molar-refractivity contribution >= 4 is 5.97 Å². The van der Waals surface area contributed by atoms with Gasteiger partial charge in [0.25, 0.3) is 0 Å². The third-order valence-corrected chi connectivity index (χ3v) is 3.39. The average molecular weight is 248 g/mol. The van der Waals surface area contributed by atoms with E-state index in [1.54, 1.807) is 0 Å². The molecule has 1 saturated carbocycles. The number of carbonyl (C=O) groups is 1. The molecular weight excluding hydrogens is 232 g/mol. The van der Waals surface area contributed by atoms with Crippen LogP contribution in [0.2, 0.25) is 0 Å². The van der Waals surface area contributed by atoms with Crippen molar-refractivity contribution in [1.82, 2.24) is 0 Å². The Bertz CT molecular complexity index is 457. The first-order valence-corrected chi connectivity index (χ1v) is 6.29. The Morgan fingerprint density at radius 3 is 2.83 bits per heavy atom. The lowest BCUT2D eigenvalue weighted by molar-refractivity contribution is -0.148. The van der Waals surface area contributed by atoms with Crippen LogP contribution < -0.4 is 9.47 Å². The molecule has 3 rings (SSSR count). The summed E-state index contributed by atoms with van der Waals surface area (Å²) in [4.78, 5) is 11.6. The fraction of sp³-hybridized carbons (Fsp3) is 0.500. The van der Waals surface area contributed by atoms with Crippen molar-refractivity contribution in [3.8, 4) is 11.5 Å². The van der Waals surface area contributed by atoms with Gasteiger partial charge in [-0.05, 0) is 24.5 Å². The summed E-state index contributed by atoms with van der Waals surface area (Å²) in [5, 5.41) is 0. The van der Waals surface area contributed by atoms with Gasteiger partial charge >= 0.3 is 5.97 Å². The molecule has 1 aliphatic heterocycles. The van der Waals surface area contributed by atoms with E-state index in [1.807, 2.05) is 24.3 Å². The number of fused-ring (bicyclic) bond motifs is 1. The Labute approximate surface area is 106 Å². The molecule has 1 fully saturated rings. The zero-order chi connectivity index (χ0) is 12.5. The maximum Gasteiger partial charge on any atom is 0.309 e. The molecule has 0 radical (unpaired) electrons. The van der Waals surface area contributed by atoms with Crippen LogP contribution in [-0.2, 0) is 9.53 Å². The van der Waals surface area contributed by atoms with Gasteiger partial charge in [0.15, 0.2) is 17.6 Å². The van der Waals surface area contributed by atoms with E-state index in [2.05, 4.69) is 6.92 Å². The van der Waals surface area contributed by atoms with E-state index in [1.165, 1.54) is 0 Å². The van der Waals surface area contributed by atoms with Crippen LogP contribution in [0.15, 0.2) is 24.3 Å². The van der Waals surface area contributed by atoms with Crippen LogP contribution >= 0.6 is 0 Å². The minimum Gasteiger partial charge on any atom is -0.486 e. The lowest BCUT2D eigenvalue weighted by atomic mass is 10.2. The summed E-state index contributed by atoms with van der Waals surface area (Å²) in [5.41, 5.74) is 0. The summed E-state index contributed by atoms with van der Waals surface area (Å²) in [7, 11) is 0. The van der Waals surface area contributed by atoms with Crippen molar-refractivity contribution in [3.63, 3.8) is 0 Å². The number of para-hydroxylation sites is 2. The van der Waals surface area contributed by atoms with Crippen molar-refractivity contribution in [1.29, 1.82) is 0 Å². The fourth-order valence-electron chi connectivity index (χ4n) is 2.08. The molecule has 4 nitrogen and oxygen atoms in total. The number of hydrogen-bond donors (Lipinski definition) is 0. The lowest BCUT2D eigenvalue weighted by Gasteiger charge is -2.26. The predicted octanol–water partition coefficient (Wildman–Crippen LogP) is 2.03. The molecule has 3 atom stereocenters. The highest BCUT2D eigenvalue weighted by Gasteiger charge is 2.40. The van der Waals surface area contributed by atoms with Gasteiger partial charge in [-0.15, -0.1) is 0 Å². The second-order valence-electron chi connectivity index (χ2n) is 4.95. The van der Waals surface area contributed by atoms with Gasteiger partial charge in [-0.2, -0.15) is 0 Å². The second kappa shape index (κ2) is 4.52. The molecule has 96 valence electrons. The summed E-state index contributed by atoms with van der Waals surface area (Å²) in [6.07, 6.45) is 0.738. The second-order valence-corrected chi connectivity index (χ2v) is 4.95. The molecule has 1 heterocycles. The minimum atomic E-state index is -0.210. The molecule has 0 bridgehead atoms. The summed E-state index contributed by atoms with van der Waals surface area (Å²) < 4.78 is 16.5. The molecule has 2 aliphatic rings. The first kappa shape index (κ1) is 11.4. The third kappa shape index (κ3) is 2.28. The van der Waals surface area contributed by atoms with E-state index in [0.717, 1.165) is 12.2 Å². The number of carbonyl (C=O) groups excluding carboxylic acids is 1. The molecule has 1 aromatic rings. The topological polar surface area (TPSA) is 44.8 Å². The summed E-state index contributed by atoms with van der Waals surface area (Å²) in [6.45, 7) is 2.74. The Kier molecular flexibility index (Phi) is 2.86. The number of rotatable bonds is 3. The number of hydrogen-bond acceptors (Lipinski definition) is 4. The molecule has 0 saturated heterocycles. The summed E-state index contributed by atoms with van der Waals surface area (Å²) in [5.74, 6) is 1.92. The largest absolute Gasteiger partial charge is 0.486 e. The van der Waals surface area contributed by atoms with Gasteiger partial charge in [0.05, 0.1) is 5.92 Å². The average Bonchev–Trinajstić information content (AvgIpc) is 3.13. The van der Waals surface area contributed by atoms with Gasteiger partial charge in [0.1, 0.15) is 13.2 Å². The molecular formula is C14H16O4.